The lowest BCUT2D eigenvalue weighted by molar-refractivity contribution is 0.546. The number of nitrogens with one attached hydrogen (secondary N) is 1. The molecule has 0 aliphatic carbocycles. The topological polar surface area (TPSA) is 12.0 Å². The van der Waals surface area contributed by atoms with Crippen molar-refractivity contribution in [1.82, 2.24) is 5.32 Å². The SMILES string of the molecule is C=C(C)CC(NCC)c1ccc(Cl)cc1Br. The van der Waals surface area contributed by atoms with E-state index in [0.29, 0.717) is 6.04 Å². The first-order valence-corrected chi connectivity index (χ1v) is 6.54. The summed E-state index contributed by atoms with van der Waals surface area (Å²) in [5, 5.41) is 4.21. The van der Waals surface area contributed by atoms with Crippen LogP contribution in [0.25, 0.3) is 0 Å². The van der Waals surface area contributed by atoms with E-state index in [9.17, 15) is 0 Å². The van der Waals surface area contributed by atoms with Gasteiger partial charge >= 0.3 is 0 Å². The lowest BCUT2D eigenvalue weighted by atomic mass is 10.0. The van der Waals surface area contributed by atoms with Gasteiger partial charge in [0.15, 0.2) is 0 Å². The van der Waals surface area contributed by atoms with Crippen LogP contribution in [0.5, 0.6) is 0 Å². The summed E-state index contributed by atoms with van der Waals surface area (Å²) in [6.45, 7) is 9.06. The first-order chi connectivity index (χ1) is 7.54. The van der Waals surface area contributed by atoms with Gasteiger partial charge in [0.05, 0.1) is 0 Å². The van der Waals surface area contributed by atoms with Gasteiger partial charge in [-0.25, -0.2) is 0 Å². The average Bonchev–Trinajstić information content (AvgIpc) is 2.16. The minimum atomic E-state index is 0.300. The van der Waals surface area contributed by atoms with Gasteiger partial charge in [0.25, 0.3) is 0 Å². The van der Waals surface area contributed by atoms with E-state index in [1.807, 2.05) is 19.1 Å². The molecule has 0 spiro atoms. The van der Waals surface area contributed by atoms with Crippen LogP contribution in [-0.2, 0) is 0 Å². The van der Waals surface area contributed by atoms with Gasteiger partial charge in [-0.15, -0.1) is 6.58 Å². The fourth-order valence-corrected chi connectivity index (χ4v) is 2.63. The maximum absolute atomic E-state index is 5.94. The molecule has 1 nitrogen and oxygen atoms in total. The van der Waals surface area contributed by atoms with Crippen LogP contribution in [0.1, 0.15) is 31.9 Å². The smallest absolute Gasteiger partial charge is 0.0417 e. The van der Waals surface area contributed by atoms with E-state index in [1.165, 1.54) is 11.1 Å². The molecule has 1 unspecified atom stereocenters. The Bertz CT molecular complexity index is 376. The first-order valence-electron chi connectivity index (χ1n) is 5.37. The summed E-state index contributed by atoms with van der Waals surface area (Å²) in [4.78, 5) is 0. The van der Waals surface area contributed by atoms with Crippen LogP contribution in [0, 0.1) is 0 Å². The highest BCUT2D eigenvalue weighted by Crippen LogP contribution is 2.29. The third-order valence-corrected chi connectivity index (χ3v) is 3.26. The van der Waals surface area contributed by atoms with E-state index in [-0.39, 0.29) is 0 Å². The molecule has 0 saturated carbocycles. The zero-order chi connectivity index (χ0) is 12.1. The van der Waals surface area contributed by atoms with Crippen LogP contribution < -0.4 is 5.32 Å². The second kappa shape index (κ2) is 6.43. The summed E-state index contributed by atoms with van der Waals surface area (Å²) in [6, 6.07) is 6.21. The second-order valence-corrected chi connectivity index (χ2v) is 5.23. The molecule has 0 bridgehead atoms. The van der Waals surface area contributed by atoms with Gasteiger partial charge in [-0.3, -0.25) is 0 Å². The van der Waals surface area contributed by atoms with Crippen molar-refractivity contribution in [3.8, 4) is 0 Å². The largest absolute Gasteiger partial charge is 0.310 e. The minimum Gasteiger partial charge on any atom is -0.310 e. The Morgan fingerprint density at radius 3 is 2.75 bits per heavy atom. The molecule has 0 fully saturated rings. The predicted octanol–water partition coefficient (Wildman–Crippen LogP) is 4.72. The molecule has 0 aliphatic rings. The van der Waals surface area contributed by atoms with Crippen LogP contribution in [-0.4, -0.2) is 6.54 Å². The molecule has 16 heavy (non-hydrogen) atoms. The van der Waals surface area contributed by atoms with Crippen molar-refractivity contribution in [3.05, 3.63) is 45.4 Å². The van der Waals surface area contributed by atoms with E-state index in [2.05, 4.69) is 40.8 Å². The Morgan fingerprint density at radius 2 is 2.25 bits per heavy atom. The molecule has 1 aromatic carbocycles. The fourth-order valence-electron chi connectivity index (χ4n) is 1.67. The molecule has 1 aromatic rings. The van der Waals surface area contributed by atoms with Crippen molar-refractivity contribution < 1.29 is 0 Å². The molecule has 0 aliphatic heterocycles. The van der Waals surface area contributed by atoms with E-state index in [4.69, 9.17) is 11.6 Å². The van der Waals surface area contributed by atoms with Gasteiger partial charge < -0.3 is 5.32 Å². The molecular formula is C13H17BrClN. The lowest BCUT2D eigenvalue weighted by Crippen LogP contribution is -2.21. The van der Waals surface area contributed by atoms with E-state index in [1.54, 1.807) is 0 Å². The molecular weight excluding hydrogens is 286 g/mol. The van der Waals surface area contributed by atoms with Crippen LogP contribution in [0.15, 0.2) is 34.8 Å². The number of hydrogen-bond acceptors (Lipinski definition) is 1. The summed E-state index contributed by atoms with van der Waals surface area (Å²) in [5.41, 5.74) is 2.40. The number of halogens is 2. The molecule has 88 valence electrons. The highest BCUT2D eigenvalue weighted by atomic mass is 79.9. The van der Waals surface area contributed by atoms with Crippen molar-refractivity contribution >= 4 is 27.5 Å². The lowest BCUT2D eigenvalue weighted by Gasteiger charge is -2.20. The summed E-state index contributed by atoms with van der Waals surface area (Å²) >= 11 is 9.49. The molecule has 3 heteroatoms. The fraction of sp³-hybridized carbons (Fsp3) is 0.385. The Hall–Kier alpha value is -0.310. The molecule has 0 radical (unpaired) electrons. The van der Waals surface area contributed by atoms with Crippen molar-refractivity contribution in [3.63, 3.8) is 0 Å². The van der Waals surface area contributed by atoms with Crippen LogP contribution >= 0.6 is 27.5 Å². The van der Waals surface area contributed by atoms with E-state index >= 15 is 0 Å². The zero-order valence-electron chi connectivity index (χ0n) is 9.69. The van der Waals surface area contributed by atoms with Crippen LogP contribution in [0.4, 0.5) is 0 Å². The zero-order valence-corrected chi connectivity index (χ0v) is 12.0. The molecule has 1 N–H and O–H groups in total. The Labute approximate surface area is 111 Å². The van der Waals surface area contributed by atoms with Gasteiger partial charge in [0.2, 0.25) is 0 Å². The Kier molecular flexibility index (Phi) is 5.53. The second-order valence-electron chi connectivity index (χ2n) is 3.94. The molecule has 1 atom stereocenters. The summed E-state index contributed by atoms with van der Waals surface area (Å²) in [6.07, 6.45) is 0.939. The number of rotatable bonds is 5. The van der Waals surface area contributed by atoms with Crippen molar-refractivity contribution in [2.45, 2.75) is 26.3 Å². The molecule has 0 aromatic heterocycles. The highest BCUT2D eigenvalue weighted by Gasteiger charge is 2.13. The molecule has 0 heterocycles. The van der Waals surface area contributed by atoms with E-state index in [0.717, 1.165) is 22.5 Å². The molecule has 0 saturated heterocycles. The third kappa shape index (κ3) is 3.93. The third-order valence-electron chi connectivity index (χ3n) is 2.34. The van der Waals surface area contributed by atoms with Gasteiger partial charge in [-0.2, -0.15) is 0 Å². The number of hydrogen-bond donors (Lipinski definition) is 1. The summed E-state index contributed by atoms with van der Waals surface area (Å²) in [5.74, 6) is 0. The summed E-state index contributed by atoms with van der Waals surface area (Å²) < 4.78 is 1.05. The number of benzene rings is 1. The van der Waals surface area contributed by atoms with Crippen LogP contribution in [0.2, 0.25) is 5.02 Å². The monoisotopic (exact) mass is 301 g/mol. The maximum Gasteiger partial charge on any atom is 0.0417 e. The molecule has 0 amide bonds. The highest BCUT2D eigenvalue weighted by molar-refractivity contribution is 9.10. The molecule has 1 rings (SSSR count). The minimum absolute atomic E-state index is 0.300. The van der Waals surface area contributed by atoms with Crippen molar-refractivity contribution in [1.29, 1.82) is 0 Å². The first kappa shape index (κ1) is 13.8. The Morgan fingerprint density at radius 1 is 1.56 bits per heavy atom. The Balaban J connectivity index is 2.95. The van der Waals surface area contributed by atoms with E-state index < -0.39 is 0 Å². The van der Waals surface area contributed by atoms with Gasteiger partial charge in [-0.1, -0.05) is 46.1 Å². The normalized spacial score (nSPS) is 12.5. The van der Waals surface area contributed by atoms with Crippen LogP contribution in [0.3, 0.4) is 0 Å². The van der Waals surface area contributed by atoms with Crippen molar-refractivity contribution in [2.75, 3.05) is 6.54 Å². The maximum atomic E-state index is 5.94. The summed E-state index contributed by atoms with van der Waals surface area (Å²) in [7, 11) is 0. The van der Waals surface area contributed by atoms with Gasteiger partial charge in [-0.05, 0) is 37.6 Å². The van der Waals surface area contributed by atoms with Crippen molar-refractivity contribution in [2.24, 2.45) is 0 Å². The van der Waals surface area contributed by atoms with Gasteiger partial charge in [0.1, 0.15) is 0 Å². The predicted molar refractivity (Wildman–Crippen MR) is 75.0 cm³/mol. The van der Waals surface area contributed by atoms with Gasteiger partial charge in [0, 0.05) is 15.5 Å². The average molecular weight is 303 g/mol. The quantitative estimate of drug-likeness (QED) is 0.776. The standard InChI is InChI=1S/C13H17BrClN/c1-4-16-13(7-9(2)3)11-6-5-10(15)8-12(11)14/h5-6,8,13,16H,2,4,7H2,1,3H3.